The first-order valence-corrected chi connectivity index (χ1v) is 7.15. The maximum Gasteiger partial charge on any atom is 0.333 e. The zero-order valence-electron chi connectivity index (χ0n) is 12.2. The second-order valence-electron chi connectivity index (χ2n) is 5.37. The zero-order chi connectivity index (χ0) is 15.7. The maximum absolute atomic E-state index is 13.3. The number of H-pyrrole nitrogens is 1. The van der Waals surface area contributed by atoms with E-state index in [-0.39, 0.29) is 0 Å². The van der Waals surface area contributed by atoms with E-state index in [1.54, 1.807) is 12.1 Å². The van der Waals surface area contributed by atoms with Gasteiger partial charge in [-0.1, -0.05) is 0 Å². The number of nitrogens with one attached hydrogen (secondary N) is 2. The molecule has 22 heavy (non-hydrogen) atoms. The Morgan fingerprint density at radius 3 is 2.55 bits per heavy atom. The van der Waals surface area contributed by atoms with E-state index in [9.17, 15) is 14.0 Å². The van der Waals surface area contributed by atoms with E-state index in [0.717, 1.165) is 36.1 Å². The molecule has 3 rings (SSSR count). The van der Waals surface area contributed by atoms with Crippen molar-refractivity contribution in [1.29, 1.82) is 0 Å². The molecule has 7 heteroatoms. The van der Waals surface area contributed by atoms with Gasteiger partial charge in [0.2, 0.25) is 5.82 Å². The van der Waals surface area contributed by atoms with Gasteiger partial charge in [-0.25, -0.2) is 4.79 Å². The molecule has 0 saturated carbocycles. The summed E-state index contributed by atoms with van der Waals surface area (Å²) in [6.45, 7) is 4.90. The van der Waals surface area contributed by atoms with Gasteiger partial charge in [0.15, 0.2) is 0 Å². The number of piperazine rings is 1. The van der Waals surface area contributed by atoms with E-state index >= 15 is 0 Å². The standard InChI is InChI=1S/C15H17FN4O2/c1-10-8-17-6-7-19(10)11-2-4-12(5-3-11)20-9-13(16)14(21)18-15(20)22/h2-5,9-10,17H,6-8H2,1H3,(H,18,21,22). The van der Waals surface area contributed by atoms with Crippen LogP contribution in [-0.2, 0) is 0 Å². The minimum absolute atomic E-state index is 0.382. The normalized spacial score (nSPS) is 18.5. The summed E-state index contributed by atoms with van der Waals surface area (Å²) >= 11 is 0. The first-order valence-electron chi connectivity index (χ1n) is 7.15. The number of aromatic nitrogens is 2. The quantitative estimate of drug-likeness (QED) is 0.846. The topological polar surface area (TPSA) is 70.1 Å². The Bertz CT molecular complexity index is 781. The molecule has 2 N–H and O–H groups in total. The van der Waals surface area contributed by atoms with Gasteiger partial charge in [0.1, 0.15) is 0 Å². The lowest BCUT2D eigenvalue weighted by Gasteiger charge is -2.36. The lowest BCUT2D eigenvalue weighted by atomic mass is 10.1. The fourth-order valence-corrected chi connectivity index (χ4v) is 2.67. The smallest absolute Gasteiger partial charge is 0.333 e. The van der Waals surface area contributed by atoms with Crippen LogP contribution in [0.4, 0.5) is 10.1 Å². The van der Waals surface area contributed by atoms with Crippen LogP contribution in [0.5, 0.6) is 0 Å². The molecular weight excluding hydrogens is 287 g/mol. The fraction of sp³-hybridized carbons (Fsp3) is 0.333. The first-order chi connectivity index (χ1) is 10.6. The van der Waals surface area contributed by atoms with Gasteiger partial charge < -0.3 is 10.2 Å². The van der Waals surface area contributed by atoms with Crippen LogP contribution in [0.25, 0.3) is 5.69 Å². The van der Waals surface area contributed by atoms with Crippen molar-refractivity contribution >= 4 is 5.69 Å². The molecule has 0 bridgehead atoms. The summed E-state index contributed by atoms with van der Waals surface area (Å²) in [5.41, 5.74) is -0.107. The summed E-state index contributed by atoms with van der Waals surface area (Å²) in [5.74, 6) is -0.987. The molecule has 1 aromatic carbocycles. The summed E-state index contributed by atoms with van der Waals surface area (Å²) in [5, 5.41) is 3.33. The highest BCUT2D eigenvalue weighted by molar-refractivity contribution is 5.52. The highest BCUT2D eigenvalue weighted by Crippen LogP contribution is 2.20. The van der Waals surface area contributed by atoms with Crippen LogP contribution >= 0.6 is 0 Å². The van der Waals surface area contributed by atoms with Crippen molar-refractivity contribution in [2.24, 2.45) is 0 Å². The number of benzene rings is 1. The summed E-state index contributed by atoms with van der Waals surface area (Å²) in [6.07, 6.45) is 0.906. The van der Waals surface area contributed by atoms with Gasteiger partial charge in [-0.05, 0) is 31.2 Å². The van der Waals surface area contributed by atoms with Crippen LogP contribution in [0.3, 0.4) is 0 Å². The Morgan fingerprint density at radius 1 is 1.18 bits per heavy atom. The number of anilines is 1. The van der Waals surface area contributed by atoms with Gasteiger partial charge in [-0.15, -0.1) is 0 Å². The van der Waals surface area contributed by atoms with Gasteiger partial charge in [0, 0.05) is 31.4 Å². The zero-order valence-corrected chi connectivity index (χ0v) is 12.2. The molecule has 2 heterocycles. The summed E-state index contributed by atoms with van der Waals surface area (Å²) in [6, 6.07) is 7.65. The highest BCUT2D eigenvalue weighted by Gasteiger charge is 2.18. The monoisotopic (exact) mass is 304 g/mol. The number of hydrogen-bond donors (Lipinski definition) is 2. The number of aromatic amines is 1. The van der Waals surface area contributed by atoms with Crippen LogP contribution in [-0.4, -0.2) is 35.2 Å². The van der Waals surface area contributed by atoms with E-state index < -0.39 is 17.1 Å². The van der Waals surface area contributed by atoms with Gasteiger partial charge in [0.05, 0.1) is 11.9 Å². The van der Waals surface area contributed by atoms with Crippen molar-refractivity contribution < 1.29 is 4.39 Å². The summed E-state index contributed by atoms with van der Waals surface area (Å²) < 4.78 is 14.4. The molecule has 1 unspecified atom stereocenters. The fourth-order valence-electron chi connectivity index (χ4n) is 2.67. The van der Waals surface area contributed by atoms with Crippen LogP contribution < -0.4 is 21.5 Å². The Labute approximate surface area is 126 Å². The van der Waals surface area contributed by atoms with E-state index in [1.807, 2.05) is 17.1 Å². The van der Waals surface area contributed by atoms with Gasteiger partial charge in [-0.2, -0.15) is 4.39 Å². The Hall–Kier alpha value is -2.41. The molecule has 1 saturated heterocycles. The molecule has 6 nitrogen and oxygen atoms in total. The molecule has 0 aliphatic carbocycles. The predicted octanol–water partition coefficient (Wildman–Crippen LogP) is 0.463. The lowest BCUT2D eigenvalue weighted by molar-refractivity contribution is 0.501. The Morgan fingerprint density at radius 2 is 1.86 bits per heavy atom. The summed E-state index contributed by atoms with van der Waals surface area (Å²) in [4.78, 5) is 27.0. The molecule has 1 aliphatic heterocycles. The van der Waals surface area contributed by atoms with Gasteiger partial charge in [-0.3, -0.25) is 14.3 Å². The van der Waals surface area contributed by atoms with Crippen LogP contribution in [0, 0.1) is 5.82 Å². The molecule has 116 valence electrons. The Kier molecular flexibility index (Phi) is 3.81. The first kappa shape index (κ1) is 14.5. The molecule has 1 aliphatic rings. The van der Waals surface area contributed by atoms with Crippen LogP contribution in [0.15, 0.2) is 40.1 Å². The number of nitrogens with zero attached hydrogens (tertiary/aromatic N) is 2. The van der Waals surface area contributed by atoms with Crippen molar-refractivity contribution in [3.8, 4) is 5.69 Å². The molecule has 0 spiro atoms. The number of rotatable bonds is 2. The van der Waals surface area contributed by atoms with E-state index in [4.69, 9.17) is 0 Å². The maximum atomic E-state index is 13.3. The third-order valence-corrected chi connectivity index (χ3v) is 3.86. The highest BCUT2D eigenvalue weighted by atomic mass is 19.1. The minimum Gasteiger partial charge on any atom is -0.366 e. The summed E-state index contributed by atoms with van der Waals surface area (Å²) in [7, 11) is 0. The molecular formula is C15H17FN4O2. The van der Waals surface area contributed by atoms with Gasteiger partial charge >= 0.3 is 5.69 Å². The second kappa shape index (κ2) is 5.76. The minimum atomic E-state index is -1.01. The largest absolute Gasteiger partial charge is 0.366 e. The number of halogens is 1. The van der Waals surface area contributed by atoms with E-state index in [2.05, 4.69) is 17.1 Å². The number of hydrogen-bond acceptors (Lipinski definition) is 4. The molecule has 1 atom stereocenters. The Balaban J connectivity index is 1.93. The average molecular weight is 304 g/mol. The average Bonchev–Trinajstić information content (AvgIpc) is 2.52. The molecule has 2 aromatic rings. The van der Waals surface area contributed by atoms with Crippen molar-refractivity contribution in [1.82, 2.24) is 14.9 Å². The van der Waals surface area contributed by atoms with Crippen LogP contribution in [0.1, 0.15) is 6.92 Å². The lowest BCUT2D eigenvalue weighted by Crippen LogP contribution is -2.49. The van der Waals surface area contributed by atoms with Crippen molar-refractivity contribution in [2.75, 3.05) is 24.5 Å². The van der Waals surface area contributed by atoms with Crippen molar-refractivity contribution in [3.63, 3.8) is 0 Å². The predicted molar refractivity (Wildman–Crippen MR) is 82.3 cm³/mol. The van der Waals surface area contributed by atoms with Crippen LogP contribution in [0.2, 0.25) is 0 Å². The second-order valence-corrected chi connectivity index (χ2v) is 5.37. The molecule has 0 radical (unpaired) electrons. The SMILES string of the molecule is CC1CNCCN1c1ccc(-n2cc(F)c(=O)[nH]c2=O)cc1. The van der Waals surface area contributed by atoms with Crippen molar-refractivity contribution in [2.45, 2.75) is 13.0 Å². The molecule has 1 aromatic heterocycles. The van der Waals surface area contributed by atoms with Gasteiger partial charge in [0.25, 0.3) is 5.56 Å². The molecule has 1 fully saturated rings. The third kappa shape index (κ3) is 2.67. The molecule has 0 amide bonds. The van der Waals surface area contributed by atoms with E-state index in [1.165, 1.54) is 0 Å². The third-order valence-electron chi connectivity index (χ3n) is 3.86. The van der Waals surface area contributed by atoms with Crippen molar-refractivity contribution in [3.05, 3.63) is 57.1 Å². The van der Waals surface area contributed by atoms with E-state index in [0.29, 0.717) is 11.7 Å².